The Morgan fingerprint density at radius 3 is 2.40 bits per heavy atom. The molecule has 1 atom stereocenters. The molecule has 132 valence electrons. The Balaban J connectivity index is 1.89. The van der Waals surface area contributed by atoms with Crippen molar-refractivity contribution < 1.29 is 9.59 Å². The molecule has 0 heterocycles. The molecular formula is C20H24N2O2S. The number of amides is 2. The largest absolute Gasteiger partial charge is 0.336 e. The van der Waals surface area contributed by atoms with Crippen LogP contribution in [-0.2, 0) is 9.59 Å². The van der Waals surface area contributed by atoms with E-state index >= 15 is 0 Å². The standard InChI is InChI=1S/C20H24N2O2S/c1-15(16-9-5-4-6-10-16)13-20(24)22(2)14-19(23)21-17-11-7-8-12-18(17)25-3/h4-12,15H,13-14H2,1-3H3,(H,21,23)/t15-/m1/s1. The van der Waals surface area contributed by atoms with Gasteiger partial charge in [0.1, 0.15) is 0 Å². The van der Waals surface area contributed by atoms with Crippen LogP contribution in [0.3, 0.4) is 0 Å². The summed E-state index contributed by atoms with van der Waals surface area (Å²) in [5.41, 5.74) is 1.90. The zero-order valence-corrected chi connectivity index (χ0v) is 15.7. The van der Waals surface area contributed by atoms with Crippen molar-refractivity contribution in [1.29, 1.82) is 0 Å². The number of carbonyl (C=O) groups is 2. The SMILES string of the molecule is CSc1ccccc1NC(=O)CN(C)C(=O)C[C@@H](C)c1ccccc1. The highest BCUT2D eigenvalue weighted by Gasteiger charge is 2.17. The fourth-order valence-corrected chi connectivity index (χ4v) is 3.11. The van der Waals surface area contributed by atoms with E-state index in [-0.39, 0.29) is 24.3 Å². The predicted molar refractivity (Wildman–Crippen MR) is 104 cm³/mol. The first-order chi connectivity index (χ1) is 12.0. The van der Waals surface area contributed by atoms with Crippen LogP contribution in [0.25, 0.3) is 0 Å². The number of nitrogens with one attached hydrogen (secondary N) is 1. The van der Waals surface area contributed by atoms with Crippen molar-refractivity contribution in [2.75, 3.05) is 25.2 Å². The van der Waals surface area contributed by atoms with E-state index in [1.54, 1.807) is 18.8 Å². The summed E-state index contributed by atoms with van der Waals surface area (Å²) in [6.45, 7) is 2.07. The van der Waals surface area contributed by atoms with Crippen molar-refractivity contribution >= 4 is 29.3 Å². The van der Waals surface area contributed by atoms with Crippen LogP contribution in [-0.4, -0.2) is 36.6 Å². The lowest BCUT2D eigenvalue weighted by atomic mass is 9.97. The molecule has 0 aliphatic rings. The van der Waals surface area contributed by atoms with Crippen LogP contribution < -0.4 is 5.32 Å². The van der Waals surface area contributed by atoms with E-state index in [2.05, 4.69) is 5.32 Å². The van der Waals surface area contributed by atoms with Gasteiger partial charge in [-0.1, -0.05) is 49.4 Å². The van der Waals surface area contributed by atoms with Crippen molar-refractivity contribution in [3.05, 3.63) is 60.2 Å². The van der Waals surface area contributed by atoms with E-state index in [9.17, 15) is 9.59 Å². The van der Waals surface area contributed by atoms with E-state index in [4.69, 9.17) is 0 Å². The van der Waals surface area contributed by atoms with Gasteiger partial charge in [0.25, 0.3) is 0 Å². The fourth-order valence-electron chi connectivity index (χ4n) is 2.56. The number of thioether (sulfide) groups is 1. The molecule has 0 aliphatic heterocycles. The Morgan fingerprint density at radius 1 is 1.08 bits per heavy atom. The quantitative estimate of drug-likeness (QED) is 0.763. The molecule has 25 heavy (non-hydrogen) atoms. The number of para-hydroxylation sites is 1. The van der Waals surface area contributed by atoms with E-state index in [1.165, 1.54) is 4.90 Å². The minimum Gasteiger partial charge on any atom is -0.336 e. The Morgan fingerprint density at radius 2 is 1.72 bits per heavy atom. The lowest BCUT2D eigenvalue weighted by Crippen LogP contribution is -2.35. The van der Waals surface area contributed by atoms with Gasteiger partial charge in [-0.05, 0) is 29.9 Å². The Labute approximate surface area is 153 Å². The predicted octanol–water partition coefficient (Wildman–Crippen LogP) is 4.00. The van der Waals surface area contributed by atoms with Crippen LogP contribution in [0, 0.1) is 0 Å². The third-order valence-corrected chi connectivity index (χ3v) is 4.83. The molecule has 2 rings (SSSR count). The molecule has 0 aromatic heterocycles. The minimum atomic E-state index is -0.190. The minimum absolute atomic E-state index is 0.0374. The fraction of sp³-hybridized carbons (Fsp3) is 0.300. The number of rotatable bonds is 7. The average Bonchev–Trinajstić information content (AvgIpc) is 2.62. The van der Waals surface area contributed by atoms with E-state index < -0.39 is 0 Å². The van der Waals surface area contributed by atoms with Gasteiger partial charge in [-0.3, -0.25) is 9.59 Å². The van der Waals surface area contributed by atoms with E-state index in [0.717, 1.165) is 16.1 Å². The summed E-state index contributed by atoms with van der Waals surface area (Å²) in [4.78, 5) is 27.1. The van der Waals surface area contributed by atoms with Gasteiger partial charge < -0.3 is 10.2 Å². The van der Waals surface area contributed by atoms with Crippen molar-refractivity contribution in [1.82, 2.24) is 4.90 Å². The van der Waals surface area contributed by atoms with Gasteiger partial charge in [-0.15, -0.1) is 11.8 Å². The Hall–Kier alpha value is -2.27. The van der Waals surface area contributed by atoms with Gasteiger partial charge >= 0.3 is 0 Å². The maximum Gasteiger partial charge on any atom is 0.244 e. The molecule has 0 unspecified atom stereocenters. The normalized spacial score (nSPS) is 11.6. The maximum absolute atomic E-state index is 12.4. The van der Waals surface area contributed by atoms with E-state index in [1.807, 2.05) is 67.8 Å². The second kappa shape index (κ2) is 9.28. The van der Waals surface area contributed by atoms with Crippen LogP contribution >= 0.6 is 11.8 Å². The van der Waals surface area contributed by atoms with Crippen LogP contribution in [0.15, 0.2) is 59.5 Å². The molecule has 0 saturated carbocycles. The maximum atomic E-state index is 12.4. The van der Waals surface area contributed by atoms with Crippen LogP contribution in [0.2, 0.25) is 0 Å². The van der Waals surface area contributed by atoms with Crippen LogP contribution in [0.1, 0.15) is 24.8 Å². The molecule has 2 aromatic carbocycles. The molecule has 0 radical (unpaired) electrons. The van der Waals surface area contributed by atoms with Crippen molar-refractivity contribution in [2.24, 2.45) is 0 Å². The Kier molecular flexibility index (Phi) is 7.07. The Bertz CT molecular complexity index is 719. The molecule has 4 nitrogen and oxygen atoms in total. The van der Waals surface area contributed by atoms with Crippen molar-refractivity contribution in [3.8, 4) is 0 Å². The highest BCUT2D eigenvalue weighted by molar-refractivity contribution is 7.98. The number of anilines is 1. The second-order valence-electron chi connectivity index (χ2n) is 6.01. The summed E-state index contributed by atoms with van der Waals surface area (Å²) in [5, 5.41) is 2.88. The smallest absolute Gasteiger partial charge is 0.244 e. The molecular weight excluding hydrogens is 332 g/mol. The van der Waals surface area contributed by atoms with Crippen LogP contribution in [0.5, 0.6) is 0 Å². The number of carbonyl (C=O) groups excluding carboxylic acids is 2. The number of nitrogens with zero attached hydrogens (tertiary/aromatic N) is 1. The second-order valence-corrected chi connectivity index (χ2v) is 6.86. The zero-order chi connectivity index (χ0) is 18.2. The number of hydrogen-bond acceptors (Lipinski definition) is 3. The highest BCUT2D eigenvalue weighted by Crippen LogP contribution is 2.24. The number of hydrogen-bond donors (Lipinski definition) is 1. The molecule has 5 heteroatoms. The molecule has 0 bridgehead atoms. The van der Waals surface area contributed by atoms with Gasteiger partial charge in [-0.2, -0.15) is 0 Å². The summed E-state index contributed by atoms with van der Waals surface area (Å²) in [7, 11) is 1.67. The molecule has 0 aliphatic carbocycles. The molecule has 2 amide bonds. The molecule has 0 fully saturated rings. The topological polar surface area (TPSA) is 49.4 Å². The monoisotopic (exact) mass is 356 g/mol. The first-order valence-corrected chi connectivity index (χ1v) is 9.45. The summed E-state index contributed by atoms with van der Waals surface area (Å²) in [6.07, 6.45) is 2.35. The number of likely N-dealkylation sites (N-methyl/N-ethyl adjacent to an activating group) is 1. The third kappa shape index (κ3) is 5.64. The first kappa shape index (κ1) is 19.1. The van der Waals surface area contributed by atoms with Crippen molar-refractivity contribution in [2.45, 2.75) is 24.2 Å². The van der Waals surface area contributed by atoms with Gasteiger partial charge in [0.15, 0.2) is 0 Å². The van der Waals surface area contributed by atoms with Crippen molar-refractivity contribution in [3.63, 3.8) is 0 Å². The van der Waals surface area contributed by atoms with Gasteiger partial charge in [0.2, 0.25) is 11.8 Å². The molecule has 0 spiro atoms. The average molecular weight is 356 g/mol. The third-order valence-electron chi connectivity index (χ3n) is 4.04. The first-order valence-electron chi connectivity index (χ1n) is 8.23. The van der Waals surface area contributed by atoms with E-state index in [0.29, 0.717) is 6.42 Å². The summed E-state index contributed by atoms with van der Waals surface area (Å²) >= 11 is 1.57. The lowest BCUT2D eigenvalue weighted by molar-refractivity contribution is -0.133. The van der Waals surface area contributed by atoms with Gasteiger partial charge in [0, 0.05) is 18.4 Å². The summed E-state index contributed by atoms with van der Waals surface area (Å²) in [6, 6.07) is 17.6. The molecule has 2 aromatic rings. The molecule has 0 saturated heterocycles. The van der Waals surface area contributed by atoms with Crippen LogP contribution in [0.4, 0.5) is 5.69 Å². The van der Waals surface area contributed by atoms with Gasteiger partial charge in [0.05, 0.1) is 12.2 Å². The lowest BCUT2D eigenvalue weighted by Gasteiger charge is -2.20. The molecule has 1 N–H and O–H groups in total. The summed E-state index contributed by atoms with van der Waals surface area (Å²) < 4.78 is 0. The number of benzene rings is 2. The van der Waals surface area contributed by atoms with Gasteiger partial charge in [-0.25, -0.2) is 0 Å². The highest BCUT2D eigenvalue weighted by atomic mass is 32.2. The summed E-state index contributed by atoms with van der Waals surface area (Å²) in [5.74, 6) is -0.106. The zero-order valence-electron chi connectivity index (χ0n) is 14.9.